The lowest BCUT2D eigenvalue weighted by atomic mass is 9.67. The number of Topliss-reactive ketones (excluding diaryl/α,β-unsaturated/α-hetero) is 2. The maximum absolute atomic E-state index is 12.3. The fraction of sp³-hybridized carbons (Fsp3) is 0.611. The minimum Gasteiger partial charge on any atom is -0.457 e. The molecule has 0 N–H and O–H groups in total. The van der Waals surface area contributed by atoms with E-state index >= 15 is 0 Å². The molecule has 0 aliphatic heterocycles. The van der Waals surface area contributed by atoms with E-state index in [0.717, 1.165) is 25.0 Å². The van der Waals surface area contributed by atoms with Crippen molar-refractivity contribution in [1.82, 2.24) is 4.98 Å². The van der Waals surface area contributed by atoms with Crippen LogP contribution in [0.1, 0.15) is 48.7 Å². The van der Waals surface area contributed by atoms with Crippen molar-refractivity contribution in [1.29, 1.82) is 5.26 Å². The number of carbonyl (C=O) groups excluding carboxylic acids is 3. The SMILES string of the molecule is Cc1csc([C@@H](C#N)C(=O)COC(=O)C2C[C@H]3CCC[C@@H](C2)C3=O)n1. The van der Waals surface area contributed by atoms with E-state index in [4.69, 9.17) is 4.74 Å². The summed E-state index contributed by atoms with van der Waals surface area (Å²) in [7, 11) is 0. The van der Waals surface area contributed by atoms with Crippen molar-refractivity contribution in [2.75, 3.05) is 6.61 Å². The number of ether oxygens (including phenoxy) is 1. The summed E-state index contributed by atoms with van der Waals surface area (Å²) in [6.45, 7) is 1.37. The third-order valence-corrected chi connectivity index (χ3v) is 6.10. The number of carbonyl (C=O) groups is 3. The summed E-state index contributed by atoms with van der Waals surface area (Å²) < 4.78 is 5.18. The molecule has 0 aromatic carbocycles. The number of rotatable bonds is 5. The molecule has 0 saturated heterocycles. The largest absolute Gasteiger partial charge is 0.457 e. The van der Waals surface area contributed by atoms with Gasteiger partial charge < -0.3 is 4.74 Å². The van der Waals surface area contributed by atoms with Crippen LogP contribution in [0.4, 0.5) is 0 Å². The van der Waals surface area contributed by atoms with Crippen LogP contribution in [0.5, 0.6) is 0 Å². The number of fused-ring (bicyclic) bond motifs is 2. The summed E-state index contributed by atoms with van der Waals surface area (Å²) in [6.07, 6.45) is 3.78. The fourth-order valence-electron chi connectivity index (χ4n) is 3.79. The lowest BCUT2D eigenvalue weighted by molar-refractivity contribution is -0.156. The highest BCUT2D eigenvalue weighted by Crippen LogP contribution is 2.40. The molecule has 2 fully saturated rings. The van der Waals surface area contributed by atoms with Gasteiger partial charge in [-0.3, -0.25) is 14.4 Å². The first-order valence-corrected chi connectivity index (χ1v) is 9.42. The van der Waals surface area contributed by atoms with Gasteiger partial charge in [-0.1, -0.05) is 6.42 Å². The number of ketones is 2. The third-order valence-electron chi connectivity index (χ3n) is 5.07. The zero-order valence-corrected chi connectivity index (χ0v) is 14.9. The number of hydrogen-bond acceptors (Lipinski definition) is 7. The van der Waals surface area contributed by atoms with Crippen LogP contribution in [-0.2, 0) is 19.1 Å². The Morgan fingerprint density at radius 1 is 1.40 bits per heavy atom. The Kier molecular flexibility index (Phi) is 5.28. The second kappa shape index (κ2) is 7.44. The van der Waals surface area contributed by atoms with Gasteiger partial charge in [-0.15, -0.1) is 11.3 Å². The Balaban J connectivity index is 1.56. The molecule has 6 nitrogen and oxygen atoms in total. The summed E-state index contributed by atoms with van der Waals surface area (Å²) in [4.78, 5) is 40.8. The molecule has 1 heterocycles. The monoisotopic (exact) mass is 360 g/mol. The maximum Gasteiger partial charge on any atom is 0.309 e. The van der Waals surface area contributed by atoms with Gasteiger partial charge in [0.05, 0.1) is 12.0 Å². The van der Waals surface area contributed by atoms with Crippen molar-refractivity contribution in [2.45, 2.75) is 44.9 Å². The quantitative estimate of drug-likeness (QED) is 0.749. The predicted molar refractivity (Wildman–Crippen MR) is 89.7 cm³/mol. The molecule has 1 aromatic rings. The van der Waals surface area contributed by atoms with Gasteiger partial charge >= 0.3 is 5.97 Å². The summed E-state index contributed by atoms with van der Waals surface area (Å²) in [5, 5.41) is 11.4. The molecule has 2 saturated carbocycles. The first kappa shape index (κ1) is 17.7. The topological polar surface area (TPSA) is 97.1 Å². The van der Waals surface area contributed by atoms with Gasteiger partial charge in [0.15, 0.2) is 18.3 Å². The maximum atomic E-state index is 12.3. The molecule has 2 aliphatic rings. The Morgan fingerprint density at radius 3 is 2.64 bits per heavy atom. The van der Waals surface area contributed by atoms with Crippen molar-refractivity contribution in [3.63, 3.8) is 0 Å². The van der Waals surface area contributed by atoms with Gasteiger partial charge in [-0.2, -0.15) is 5.26 Å². The van der Waals surface area contributed by atoms with Crippen LogP contribution >= 0.6 is 11.3 Å². The van der Waals surface area contributed by atoms with Gasteiger partial charge in [0, 0.05) is 22.9 Å². The Morgan fingerprint density at radius 2 is 2.08 bits per heavy atom. The van der Waals surface area contributed by atoms with E-state index in [0.29, 0.717) is 17.8 Å². The zero-order chi connectivity index (χ0) is 18.0. The summed E-state index contributed by atoms with van der Waals surface area (Å²) >= 11 is 1.25. The highest BCUT2D eigenvalue weighted by atomic mass is 32.1. The molecular formula is C18H20N2O4S. The highest BCUT2D eigenvalue weighted by Gasteiger charge is 2.42. The lowest BCUT2D eigenvalue weighted by Crippen LogP contribution is -2.39. The van der Waals surface area contributed by atoms with Crippen LogP contribution < -0.4 is 0 Å². The second-order valence-corrected chi connectivity index (χ2v) is 7.75. The van der Waals surface area contributed by atoms with Crippen molar-refractivity contribution >= 4 is 28.9 Å². The number of nitrogens with zero attached hydrogens (tertiary/aromatic N) is 2. The van der Waals surface area contributed by atoms with E-state index in [1.54, 1.807) is 12.3 Å². The smallest absolute Gasteiger partial charge is 0.309 e. The summed E-state index contributed by atoms with van der Waals surface area (Å²) in [6, 6.07) is 1.94. The van der Waals surface area contributed by atoms with Crippen molar-refractivity contribution < 1.29 is 19.1 Å². The molecule has 25 heavy (non-hydrogen) atoms. The number of esters is 1. The normalized spacial score (nSPS) is 26.6. The van der Waals surface area contributed by atoms with Crippen molar-refractivity contribution in [3.8, 4) is 6.07 Å². The summed E-state index contributed by atoms with van der Waals surface area (Å²) in [5.41, 5.74) is 0.753. The average molecular weight is 360 g/mol. The molecule has 0 amide bonds. The first-order valence-electron chi connectivity index (χ1n) is 8.54. The van der Waals surface area contributed by atoms with Crippen LogP contribution in [-0.4, -0.2) is 29.1 Å². The molecule has 132 valence electrons. The third kappa shape index (κ3) is 3.79. The minimum absolute atomic E-state index is 0.0362. The Hall–Kier alpha value is -2.07. The number of aromatic nitrogens is 1. The van der Waals surface area contributed by atoms with E-state index < -0.39 is 24.3 Å². The van der Waals surface area contributed by atoms with Gasteiger partial charge in [-0.25, -0.2) is 4.98 Å². The molecule has 1 aromatic heterocycles. The molecule has 3 rings (SSSR count). The van der Waals surface area contributed by atoms with Crippen LogP contribution in [0.25, 0.3) is 0 Å². The molecule has 7 heteroatoms. The summed E-state index contributed by atoms with van der Waals surface area (Å²) in [5.74, 6) is -1.99. The van der Waals surface area contributed by atoms with E-state index in [1.807, 2.05) is 6.07 Å². The molecule has 0 spiro atoms. The number of aryl methyl sites for hydroxylation is 1. The second-order valence-electron chi connectivity index (χ2n) is 6.86. The van der Waals surface area contributed by atoms with Crippen LogP contribution in [0, 0.1) is 36.0 Å². The molecule has 1 unspecified atom stereocenters. The zero-order valence-electron chi connectivity index (χ0n) is 14.1. The first-order chi connectivity index (χ1) is 12.0. The van der Waals surface area contributed by atoms with E-state index in [9.17, 15) is 19.6 Å². The van der Waals surface area contributed by atoms with E-state index in [-0.39, 0.29) is 23.5 Å². The van der Waals surface area contributed by atoms with Crippen LogP contribution in [0.3, 0.4) is 0 Å². The number of hydrogen-bond donors (Lipinski definition) is 0. The number of nitriles is 1. The van der Waals surface area contributed by atoms with E-state index in [2.05, 4.69) is 4.98 Å². The van der Waals surface area contributed by atoms with Gasteiger partial charge in [0.1, 0.15) is 10.8 Å². The minimum atomic E-state index is -1.00. The highest BCUT2D eigenvalue weighted by molar-refractivity contribution is 7.09. The number of thiazole rings is 1. The predicted octanol–water partition coefficient (Wildman–Crippen LogP) is 2.57. The fourth-order valence-corrected chi connectivity index (χ4v) is 4.65. The Bertz CT molecular complexity index is 720. The molecular weight excluding hydrogens is 340 g/mol. The van der Waals surface area contributed by atoms with Gasteiger partial charge in [0.25, 0.3) is 0 Å². The van der Waals surface area contributed by atoms with Crippen LogP contribution in [0.15, 0.2) is 5.38 Å². The molecule has 0 radical (unpaired) electrons. The molecule has 4 atom stereocenters. The van der Waals surface area contributed by atoms with Gasteiger partial charge in [-0.05, 0) is 32.6 Å². The molecule has 2 bridgehead atoms. The van der Waals surface area contributed by atoms with Gasteiger partial charge in [0.2, 0.25) is 0 Å². The Labute approximate surface area is 150 Å². The lowest BCUT2D eigenvalue weighted by Gasteiger charge is -2.36. The standard InChI is InChI=1S/C18H20N2O4S/c1-10-9-25-17(20-10)14(7-19)15(21)8-24-18(23)13-5-11-3-2-4-12(6-13)16(11)22/h9,11-14H,2-6,8H2,1H3/t11-,12+,13?,14-/m0/s1. The van der Waals surface area contributed by atoms with E-state index in [1.165, 1.54) is 11.3 Å². The molecule has 2 aliphatic carbocycles. The van der Waals surface area contributed by atoms with Crippen LogP contribution in [0.2, 0.25) is 0 Å². The van der Waals surface area contributed by atoms with Crippen molar-refractivity contribution in [3.05, 3.63) is 16.1 Å². The average Bonchev–Trinajstić information content (AvgIpc) is 2.99. The van der Waals surface area contributed by atoms with Crippen molar-refractivity contribution in [2.24, 2.45) is 17.8 Å².